The fraction of sp³-hybridized carbons (Fsp3) is 0.462. The van der Waals surface area contributed by atoms with E-state index < -0.39 is 0 Å². The predicted molar refractivity (Wildman–Crippen MR) is 66.9 cm³/mol. The van der Waals surface area contributed by atoms with Gasteiger partial charge in [0, 0.05) is 12.6 Å². The Kier molecular flexibility index (Phi) is 2.86. The van der Waals surface area contributed by atoms with Crippen LogP contribution in [0.5, 0.6) is 0 Å². The molecular formula is C13H18N2O. The average Bonchev–Trinajstić information content (AvgIpc) is 2.60. The fourth-order valence-electron chi connectivity index (χ4n) is 2.15. The Morgan fingerprint density at radius 1 is 1.19 bits per heavy atom. The first-order chi connectivity index (χ1) is 7.70. The van der Waals surface area contributed by atoms with Gasteiger partial charge in [-0.3, -0.25) is 9.13 Å². The van der Waals surface area contributed by atoms with Gasteiger partial charge in [0.2, 0.25) is 0 Å². The van der Waals surface area contributed by atoms with Crippen molar-refractivity contribution in [1.29, 1.82) is 0 Å². The molecule has 1 aromatic heterocycles. The van der Waals surface area contributed by atoms with E-state index in [9.17, 15) is 4.79 Å². The van der Waals surface area contributed by atoms with Crippen molar-refractivity contribution >= 4 is 11.0 Å². The lowest BCUT2D eigenvalue weighted by molar-refractivity contribution is 0.515. The third-order valence-electron chi connectivity index (χ3n) is 3.22. The number of fused-ring (bicyclic) bond motifs is 1. The normalized spacial score (nSPS) is 13.2. The largest absolute Gasteiger partial charge is 0.329 e. The van der Waals surface area contributed by atoms with E-state index in [1.54, 1.807) is 0 Å². The first-order valence-electron chi connectivity index (χ1n) is 5.90. The zero-order chi connectivity index (χ0) is 11.7. The first-order valence-corrected chi connectivity index (χ1v) is 5.90. The Balaban J connectivity index is 2.82. The molecule has 3 nitrogen and oxygen atoms in total. The zero-order valence-electron chi connectivity index (χ0n) is 10.1. The lowest BCUT2D eigenvalue weighted by Crippen LogP contribution is -2.25. The molecule has 1 heterocycles. The first kappa shape index (κ1) is 11.0. The highest BCUT2D eigenvalue weighted by atomic mass is 16.1. The molecule has 2 rings (SSSR count). The summed E-state index contributed by atoms with van der Waals surface area (Å²) in [5, 5.41) is 0. The van der Waals surface area contributed by atoms with Crippen LogP contribution >= 0.6 is 0 Å². The summed E-state index contributed by atoms with van der Waals surface area (Å²) in [4.78, 5) is 12.2. The number of aryl methyl sites for hydroxylation is 1. The Morgan fingerprint density at radius 3 is 2.38 bits per heavy atom. The van der Waals surface area contributed by atoms with Crippen LogP contribution in [0.4, 0.5) is 0 Å². The second kappa shape index (κ2) is 4.16. The van der Waals surface area contributed by atoms with E-state index in [1.807, 2.05) is 40.3 Å². The Hall–Kier alpha value is -1.51. The molecule has 1 atom stereocenters. The van der Waals surface area contributed by atoms with Gasteiger partial charge >= 0.3 is 5.69 Å². The molecule has 16 heavy (non-hydrogen) atoms. The summed E-state index contributed by atoms with van der Waals surface area (Å²) in [7, 11) is 0. The minimum atomic E-state index is 0.109. The summed E-state index contributed by atoms with van der Waals surface area (Å²) in [6, 6.07) is 8.26. The van der Waals surface area contributed by atoms with Gasteiger partial charge in [-0.05, 0) is 32.4 Å². The third-order valence-corrected chi connectivity index (χ3v) is 3.22. The van der Waals surface area contributed by atoms with E-state index in [2.05, 4.69) is 13.8 Å². The van der Waals surface area contributed by atoms with Crippen molar-refractivity contribution in [1.82, 2.24) is 9.13 Å². The summed E-state index contributed by atoms with van der Waals surface area (Å²) in [5.41, 5.74) is 2.19. The SMILES string of the molecule is CCC(C)n1c(=O)n(CC)c2ccccc21. The van der Waals surface area contributed by atoms with Gasteiger partial charge in [-0.2, -0.15) is 0 Å². The summed E-state index contributed by atoms with van der Waals surface area (Å²) < 4.78 is 3.74. The topological polar surface area (TPSA) is 26.9 Å². The van der Waals surface area contributed by atoms with Crippen molar-refractivity contribution in [2.75, 3.05) is 0 Å². The quantitative estimate of drug-likeness (QED) is 0.778. The van der Waals surface area contributed by atoms with Crippen LogP contribution in [0, 0.1) is 0 Å². The smallest absolute Gasteiger partial charge is 0.292 e. The van der Waals surface area contributed by atoms with Gasteiger partial charge in [-0.25, -0.2) is 4.79 Å². The molecule has 0 saturated heterocycles. The standard InChI is InChI=1S/C13H18N2O/c1-4-10(3)15-12-9-7-6-8-11(12)14(5-2)13(15)16/h6-10H,4-5H2,1-3H3. The van der Waals surface area contributed by atoms with Crippen LogP contribution in [0.1, 0.15) is 33.2 Å². The second-order valence-electron chi connectivity index (χ2n) is 4.14. The van der Waals surface area contributed by atoms with Gasteiger partial charge in [0.15, 0.2) is 0 Å². The molecule has 0 fully saturated rings. The minimum Gasteiger partial charge on any atom is -0.292 e. The van der Waals surface area contributed by atoms with Crippen LogP contribution in [0.15, 0.2) is 29.1 Å². The number of para-hydroxylation sites is 2. The number of benzene rings is 1. The van der Waals surface area contributed by atoms with E-state index >= 15 is 0 Å². The van der Waals surface area contributed by atoms with Crippen LogP contribution in [-0.2, 0) is 6.54 Å². The molecule has 3 heteroatoms. The van der Waals surface area contributed by atoms with E-state index in [-0.39, 0.29) is 11.7 Å². The van der Waals surface area contributed by atoms with Gasteiger partial charge < -0.3 is 0 Å². The lowest BCUT2D eigenvalue weighted by atomic mass is 10.2. The van der Waals surface area contributed by atoms with Gasteiger partial charge in [0.1, 0.15) is 0 Å². The predicted octanol–water partition coefficient (Wildman–Crippen LogP) is 2.79. The van der Waals surface area contributed by atoms with Crippen molar-refractivity contribution in [2.24, 2.45) is 0 Å². The fourth-order valence-corrected chi connectivity index (χ4v) is 2.15. The van der Waals surface area contributed by atoms with E-state index in [0.29, 0.717) is 0 Å². The van der Waals surface area contributed by atoms with Crippen molar-refractivity contribution in [3.05, 3.63) is 34.7 Å². The number of aromatic nitrogens is 2. The Morgan fingerprint density at radius 2 is 1.81 bits per heavy atom. The Labute approximate surface area is 95.3 Å². The van der Waals surface area contributed by atoms with Crippen LogP contribution < -0.4 is 5.69 Å². The van der Waals surface area contributed by atoms with Gasteiger partial charge in [-0.15, -0.1) is 0 Å². The number of imidazole rings is 1. The molecule has 0 N–H and O–H groups in total. The highest BCUT2D eigenvalue weighted by Gasteiger charge is 2.14. The Bertz CT molecular complexity index is 551. The number of hydrogen-bond acceptors (Lipinski definition) is 1. The molecule has 0 spiro atoms. The van der Waals surface area contributed by atoms with Crippen LogP contribution in [0.2, 0.25) is 0 Å². The van der Waals surface area contributed by atoms with Gasteiger partial charge in [0.05, 0.1) is 11.0 Å². The zero-order valence-corrected chi connectivity index (χ0v) is 10.1. The summed E-state index contributed by atoms with van der Waals surface area (Å²) >= 11 is 0. The minimum absolute atomic E-state index is 0.109. The maximum absolute atomic E-state index is 12.2. The molecule has 0 bridgehead atoms. The van der Waals surface area contributed by atoms with Crippen molar-refractivity contribution in [3.63, 3.8) is 0 Å². The molecule has 0 aliphatic heterocycles. The number of rotatable bonds is 3. The molecular weight excluding hydrogens is 200 g/mol. The molecule has 0 aliphatic carbocycles. The van der Waals surface area contributed by atoms with Gasteiger partial charge in [0.25, 0.3) is 0 Å². The molecule has 0 radical (unpaired) electrons. The second-order valence-corrected chi connectivity index (χ2v) is 4.14. The molecule has 86 valence electrons. The van der Waals surface area contributed by atoms with Crippen LogP contribution in [0.25, 0.3) is 11.0 Å². The van der Waals surface area contributed by atoms with Crippen molar-refractivity contribution < 1.29 is 0 Å². The third kappa shape index (κ3) is 1.47. The van der Waals surface area contributed by atoms with Crippen molar-refractivity contribution in [3.8, 4) is 0 Å². The summed E-state index contributed by atoms with van der Waals surface area (Å²) in [6.45, 7) is 6.93. The van der Waals surface area contributed by atoms with E-state index in [1.165, 1.54) is 0 Å². The monoisotopic (exact) mass is 218 g/mol. The van der Waals surface area contributed by atoms with Crippen molar-refractivity contribution in [2.45, 2.75) is 39.8 Å². The van der Waals surface area contributed by atoms with Crippen LogP contribution in [-0.4, -0.2) is 9.13 Å². The van der Waals surface area contributed by atoms with E-state index in [4.69, 9.17) is 0 Å². The highest BCUT2D eigenvalue weighted by molar-refractivity contribution is 5.76. The molecule has 1 unspecified atom stereocenters. The molecule has 2 aromatic rings. The molecule has 0 saturated carbocycles. The molecule has 1 aromatic carbocycles. The number of nitrogens with zero attached hydrogens (tertiary/aromatic N) is 2. The average molecular weight is 218 g/mol. The van der Waals surface area contributed by atoms with Crippen LogP contribution in [0.3, 0.4) is 0 Å². The maximum atomic E-state index is 12.2. The molecule has 0 amide bonds. The number of hydrogen-bond donors (Lipinski definition) is 0. The van der Waals surface area contributed by atoms with Gasteiger partial charge in [-0.1, -0.05) is 19.1 Å². The lowest BCUT2D eigenvalue weighted by Gasteiger charge is -2.10. The maximum Gasteiger partial charge on any atom is 0.329 e. The summed E-state index contributed by atoms with van der Waals surface area (Å²) in [5.74, 6) is 0. The molecule has 0 aliphatic rings. The highest BCUT2D eigenvalue weighted by Crippen LogP contribution is 2.18. The summed E-state index contributed by atoms with van der Waals surface area (Å²) in [6.07, 6.45) is 0.970. The van der Waals surface area contributed by atoms with E-state index in [0.717, 1.165) is 24.0 Å².